The van der Waals surface area contributed by atoms with Crippen LogP contribution >= 0.6 is 0 Å². The van der Waals surface area contributed by atoms with E-state index in [1.165, 1.54) is 18.2 Å². The van der Waals surface area contributed by atoms with Gasteiger partial charge >= 0.3 is 0 Å². The lowest BCUT2D eigenvalue weighted by Crippen LogP contribution is -2.24. The molecule has 0 N–H and O–H groups in total. The Morgan fingerprint density at radius 3 is 2.59 bits per heavy atom. The molecule has 1 amide bonds. The van der Waals surface area contributed by atoms with Crippen molar-refractivity contribution >= 4 is 12.0 Å². The molecule has 0 fully saturated rings. The Morgan fingerprint density at radius 1 is 1.15 bits per heavy atom. The molecule has 3 aromatic rings. The average molecular weight is 363 g/mol. The van der Waals surface area contributed by atoms with Gasteiger partial charge in [0.15, 0.2) is 0 Å². The van der Waals surface area contributed by atoms with E-state index in [1.807, 2.05) is 48.9 Å². The minimum absolute atomic E-state index is 0.148. The molecule has 0 unspecified atom stereocenters. The van der Waals surface area contributed by atoms with Gasteiger partial charge in [-0.2, -0.15) is 5.10 Å². The molecule has 2 aromatic carbocycles. The van der Waals surface area contributed by atoms with Gasteiger partial charge < -0.3 is 4.90 Å². The van der Waals surface area contributed by atoms with Gasteiger partial charge in [-0.25, -0.2) is 9.07 Å². The van der Waals surface area contributed by atoms with Crippen LogP contribution in [0.25, 0.3) is 11.8 Å². The Bertz CT molecular complexity index is 976. The second-order valence-corrected chi connectivity index (χ2v) is 6.48. The van der Waals surface area contributed by atoms with E-state index < -0.39 is 0 Å². The normalized spacial score (nSPS) is 11.1. The first-order valence-corrected chi connectivity index (χ1v) is 8.75. The highest BCUT2D eigenvalue weighted by Crippen LogP contribution is 2.19. The summed E-state index contributed by atoms with van der Waals surface area (Å²) in [6.07, 6.45) is 3.08. The number of para-hydroxylation sites is 1. The summed E-state index contributed by atoms with van der Waals surface area (Å²) in [4.78, 5) is 14.1. The van der Waals surface area contributed by atoms with E-state index in [0.717, 1.165) is 22.6 Å². The predicted octanol–water partition coefficient (Wildman–Crippen LogP) is 4.30. The van der Waals surface area contributed by atoms with Crippen molar-refractivity contribution in [2.75, 3.05) is 7.05 Å². The summed E-state index contributed by atoms with van der Waals surface area (Å²) in [5.41, 5.74) is 4.57. The van der Waals surface area contributed by atoms with Crippen LogP contribution < -0.4 is 0 Å². The van der Waals surface area contributed by atoms with Crippen LogP contribution in [0.3, 0.4) is 0 Å². The molecule has 0 atom stereocenters. The van der Waals surface area contributed by atoms with Crippen LogP contribution in [-0.2, 0) is 11.3 Å². The van der Waals surface area contributed by atoms with Crippen molar-refractivity contribution in [3.63, 3.8) is 0 Å². The lowest BCUT2D eigenvalue weighted by molar-refractivity contribution is -0.125. The largest absolute Gasteiger partial charge is 0.338 e. The van der Waals surface area contributed by atoms with Gasteiger partial charge in [-0.05, 0) is 49.8 Å². The fraction of sp³-hybridized carbons (Fsp3) is 0.182. The van der Waals surface area contributed by atoms with Crippen LogP contribution in [0.1, 0.15) is 22.5 Å². The van der Waals surface area contributed by atoms with Crippen molar-refractivity contribution in [1.82, 2.24) is 14.7 Å². The van der Waals surface area contributed by atoms with Crippen LogP contribution in [0, 0.1) is 19.7 Å². The van der Waals surface area contributed by atoms with Gasteiger partial charge in [0.2, 0.25) is 5.91 Å². The maximum absolute atomic E-state index is 13.2. The molecule has 27 heavy (non-hydrogen) atoms. The van der Waals surface area contributed by atoms with Gasteiger partial charge in [-0.1, -0.05) is 30.3 Å². The molecule has 0 spiro atoms. The molecule has 0 aliphatic carbocycles. The lowest BCUT2D eigenvalue weighted by atomic mass is 10.1. The third kappa shape index (κ3) is 4.31. The summed E-state index contributed by atoms with van der Waals surface area (Å²) in [6, 6.07) is 16.0. The first-order valence-electron chi connectivity index (χ1n) is 8.75. The summed E-state index contributed by atoms with van der Waals surface area (Å²) < 4.78 is 15.1. The van der Waals surface area contributed by atoms with Crippen molar-refractivity contribution in [3.05, 3.63) is 89.0 Å². The zero-order valence-electron chi connectivity index (χ0n) is 15.7. The van der Waals surface area contributed by atoms with Crippen LogP contribution in [0.2, 0.25) is 0 Å². The monoisotopic (exact) mass is 363 g/mol. The van der Waals surface area contributed by atoms with Crippen LogP contribution in [-0.4, -0.2) is 27.6 Å². The number of benzene rings is 2. The third-order valence-electron chi connectivity index (χ3n) is 4.48. The van der Waals surface area contributed by atoms with Crippen molar-refractivity contribution in [2.45, 2.75) is 20.4 Å². The SMILES string of the molecule is Cc1nn(-c2ccccc2)c(C)c1CN(C)C(=O)/C=C/c1cccc(F)c1. The number of carbonyl (C=O) groups is 1. The van der Waals surface area contributed by atoms with E-state index >= 15 is 0 Å². The molecule has 0 aliphatic rings. The van der Waals surface area contributed by atoms with Gasteiger partial charge in [0.05, 0.1) is 11.4 Å². The number of rotatable bonds is 5. The molecule has 0 saturated carbocycles. The number of aryl methyl sites for hydroxylation is 1. The van der Waals surface area contributed by atoms with Crippen LogP contribution in [0.4, 0.5) is 4.39 Å². The molecule has 5 heteroatoms. The zero-order chi connectivity index (χ0) is 19.4. The Kier molecular flexibility index (Phi) is 5.50. The molecule has 0 saturated heterocycles. The quantitative estimate of drug-likeness (QED) is 0.634. The number of hydrogen-bond acceptors (Lipinski definition) is 2. The summed E-state index contributed by atoms with van der Waals surface area (Å²) in [7, 11) is 1.75. The van der Waals surface area contributed by atoms with Crippen LogP contribution in [0.15, 0.2) is 60.7 Å². The topological polar surface area (TPSA) is 38.1 Å². The predicted molar refractivity (Wildman–Crippen MR) is 105 cm³/mol. The summed E-state index contributed by atoms with van der Waals surface area (Å²) in [6.45, 7) is 4.41. The third-order valence-corrected chi connectivity index (χ3v) is 4.48. The van der Waals surface area contributed by atoms with E-state index in [2.05, 4.69) is 5.10 Å². The highest BCUT2D eigenvalue weighted by molar-refractivity contribution is 5.91. The molecule has 0 bridgehead atoms. The van der Waals surface area contributed by atoms with Crippen molar-refractivity contribution < 1.29 is 9.18 Å². The Labute approximate surface area is 158 Å². The molecular weight excluding hydrogens is 341 g/mol. The fourth-order valence-electron chi connectivity index (χ4n) is 2.94. The molecule has 0 radical (unpaired) electrons. The molecule has 1 aromatic heterocycles. The molecular formula is C22H22FN3O. The number of nitrogens with zero attached hydrogens (tertiary/aromatic N) is 3. The maximum atomic E-state index is 13.2. The molecule has 138 valence electrons. The highest BCUT2D eigenvalue weighted by atomic mass is 19.1. The van der Waals surface area contributed by atoms with E-state index in [0.29, 0.717) is 12.1 Å². The number of likely N-dealkylation sites (N-methyl/N-ethyl adjacent to an activating group) is 1. The van der Waals surface area contributed by atoms with E-state index in [-0.39, 0.29) is 11.7 Å². The number of aromatic nitrogens is 2. The van der Waals surface area contributed by atoms with Gasteiger partial charge in [0, 0.05) is 30.9 Å². The number of halogens is 1. The van der Waals surface area contributed by atoms with E-state index in [9.17, 15) is 9.18 Å². The van der Waals surface area contributed by atoms with Gasteiger partial charge in [-0.15, -0.1) is 0 Å². The maximum Gasteiger partial charge on any atom is 0.246 e. The Balaban J connectivity index is 1.75. The molecule has 0 aliphatic heterocycles. The first kappa shape index (κ1) is 18.6. The molecule has 3 rings (SSSR count). The smallest absolute Gasteiger partial charge is 0.246 e. The molecule has 4 nitrogen and oxygen atoms in total. The number of carbonyl (C=O) groups excluding carboxylic acids is 1. The minimum Gasteiger partial charge on any atom is -0.338 e. The number of amides is 1. The number of hydrogen-bond donors (Lipinski definition) is 0. The second kappa shape index (κ2) is 7.99. The molecule has 1 heterocycles. The average Bonchev–Trinajstić information content (AvgIpc) is 2.95. The van der Waals surface area contributed by atoms with Gasteiger partial charge in [0.25, 0.3) is 0 Å². The van der Waals surface area contributed by atoms with E-state index in [4.69, 9.17) is 0 Å². The summed E-state index contributed by atoms with van der Waals surface area (Å²) in [5, 5.41) is 4.62. The highest BCUT2D eigenvalue weighted by Gasteiger charge is 2.16. The fourth-order valence-corrected chi connectivity index (χ4v) is 2.94. The Hall–Kier alpha value is -3.21. The standard InChI is InChI=1S/C22H22FN3O/c1-16-21(17(2)26(24-16)20-10-5-4-6-11-20)15-25(3)22(27)13-12-18-8-7-9-19(23)14-18/h4-14H,15H2,1-3H3/b13-12+. The first-order chi connectivity index (χ1) is 13.0. The van der Waals surface area contributed by atoms with Gasteiger partial charge in [-0.3, -0.25) is 4.79 Å². The lowest BCUT2D eigenvalue weighted by Gasteiger charge is -2.15. The van der Waals surface area contributed by atoms with Crippen LogP contribution in [0.5, 0.6) is 0 Å². The second-order valence-electron chi connectivity index (χ2n) is 6.48. The minimum atomic E-state index is -0.322. The zero-order valence-corrected chi connectivity index (χ0v) is 15.7. The Morgan fingerprint density at radius 2 is 1.89 bits per heavy atom. The van der Waals surface area contributed by atoms with Crippen molar-refractivity contribution in [3.8, 4) is 5.69 Å². The van der Waals surface area contributed by atoms with Crippen molar-refractivity contribution in [2.24, 2.45) is 0 Å². The van der Waals surface area contributed by atoms with Gasteiger partial charge in [0.1, 0.15) is 5.82 Å². The van der Waals surface area contributed by atoms with Crippen molar-refractivity contribution in [1.29, 1.82) is 0 Å². The summed E-state index contributed by atoms with van der Waals surface area (Å²) in [5.74, 6) is -0.469. The van der Waals surface area contributed by atoms with E-state index in [1.54, 1.807) is 30.2 Å². The summed E-state index contributed by atoms with van der Waals surface area (Å²) >= 11 is 0.